The zero-order valence-electron chi connectivity index (χ0n) is 11.7. The van der Waals surface area contributed by atoms with Crippen LogP contribution < -0.4 is 0 Å². The second kappa shape index (κ2) is 5.13. The number of carbonyl (C=O) groups excluding carboxylic acids is 1. The Hall–Kier alpha value is -1.36. The first-order chi connectivity index (χ1) is 9.86. The summed E-state index contributed by atoms with van der Waals surface area (Å²) in [5.41, 5.74) is -0.478. The van der Waals surface area contributed by atoms with Crippen molar-refractivity contribution in [3.05, 3.63) is 34.9 Å². The number of hydrogen-bond donors (Lipinski definition) is 0. The quantitative estimate of drug-likeness (QED) is 0.767. The third kappa shape index (κ3) is 2.71. The van der Waals surface area contributed by atoms with Crippen molar-refractivity contribution in [2.45, 2.75) is 51.0 Å². The van der Waals surface area contributed by atoms with Crippen LogP contribution >= 0.6 is 0 Å². The van der Waals surface area contributed by atoms with E-state index in [1.807, 2.05) is 0 Å². The maximum atomic E-state index is 12.9. The van der Waals surface area contributed by atoms with E-state index in [-0.39, 0.29) is 35.0 Å². The Morgan fingerprint density at radius 2 is 1.81 bits per heavy atom. The lowest BCUT2D eigenvalue weighted by molar-refractivity contribution is -0.138. The van der Waals surface area contributed by atoms with Gasteiger partial charge in [0.1, 0.15) is 0 Å². The van der Waals surface area contributed by atoms with E-state index in [0.717, 1.165) is 18.9 Å². The molecule has 0 N–H and O–H groups in total. The molecule has 3 rings (SSSR count). The topological polar surface area (TPSA) is 26.3 Å². The van der Waals surface area contributed by atoms with Crippen LogP contribution in [0.3, 0.4) is 0 Å². The first-order valence-electron chi connectivity index (χ1n) is 7.22. The van der Waals surface area contributed by atoms with Gasteiger partial charge in [0.15, 0.2) is 5.78 Å². The Morgan fingerprint density at radius 3 is 2.38 bits per heavy atom. The smallest absolute Gasteiger partial charge is 0.375 e. The summed E-state index contributed by atoms with van der Waals surface area (Å²) >= 11 is 0. The van der Waals surface area contributed by atoms with Crippen LogP contribution in [0.4, 0.5) is 13.2 Å². The monoisotopic (exact) mass is 298 g/mol. The molecule has 2 saturated heterocycles. The minimum atomic E-state index is -4.42. The number of ketones is 1. The number of alkyl halides is 3. The standard InChI is InChI=1S/C16H17F3O2/c1-9-13(3-2-4-14(9)16(17,18)19)15(20)10-7-11-5-6-12(8-10)21-11/h2-4,10-12H,5-8H2,1H3. The van der Waals surface area contributed by atoms with Gasteiger partial charge in [-0.05, 0) is 44.2 Å². The van der Waals surface area contributed by atoms with Crippen LogP contribution in [0.2, 0.25) is 0 Å². The minimum absolute atomic E-state index is 0.0360. The Labute approximate surface area is 121 Å². The normalized spacial score (nSPS) is 28.7. The lowest BCUT2D eigenvalue weighted by Gasteiger charge is -2.28. The largest absolute Gasteiger partial charge is 0.416 e. The molecule has 0 radical (unpaired) electrons. The molecule has 114 valence electrons. The van der Waals surface area contributed by atoms with E-state index in [9.17, 15) is 18.0 Å². The number of halogens is 3. The summed E-state index contributed by atoms with van der Waals surface area (Å²) in [6, 6.07) is 3.85. The molecule has 2 nitrogen and oxygen atoms in total. The van der Waals surface area contributed by atoms with Gasteiger partial charge in [0.05, 0.1) is 17.8 Å². The number of carbonyl (C=O) groups is 1. The molecule has 2 bridgehead atoms. The van der Waals surface area contributed by atoms with E-state index in [1.54, 1.807) is 0 Å². The fraction of sp³-hybridized carbons (Fsp3) is 0.562. The lowest BCUT2D eigenvalue weighted by Crippen LogP contribution is -2.30. The molecule has 2 atom stereocenters. The van der Waals surface area contributed by atoms with Crippen LogP contribution in [-0.4, -0.2) is 18.0 Å². The van der Waals surface area contributed by atoms with E-state index in [1.165, 1.54) is 19.1 Å². The van der Waals surface area contributed by atoms with Crippen molar-refractivity contribution < 1.29 is 22.7 Å². The van der Waals surface area contributed by atoms with Gasteiger partial charge in [-0.15, -0.1) is 0 Å². The summed E-state index contributed by atoms with van der Waals surface area (Å²) < 4.78 is 44.5. The highest BCUT2D eigenvalue weighted by molar-refractivity contribution is 5.99. The van der Waals surface area contributed by atoms with Gasteiger partial charge in [0.2, 0.25) is 0 Å². The van der Waals surface area contributed by atoms with Crippen LogP contribution in [0.25, 0.3) is 0 Å². The molecule has 2 unspecified atom stereocenters. The highest BCUT2D eigenvalue weighted by atomic mass is 19.4. The van der Waals surface area contributed by atoms with Crippen LogP contribution in [0.15, 0.2) is 18.2 Å². The maximum absolute atomic E-state index is 12.9. The first-order valence-corrected chi connectivity index (χ1v) is 7.22. The van der Waals surface area contributed by atoms with E-state index < -0.39 is 11.7 Å². The molecule has 0 aliphatic carbocycles. The molecule has 1 aromatic rings. The predicted molar refractivity (Wildman–Crippen MR) is 71.1 cm³/mol. The molecule has 0 amide bonds. The van der Waals surface area contributed by atoms with Crippen molar-refractivity contribution in [2.24, 2.45) is 5.92 Å². The van der Waals surface area contributed by atoms with Crippen LogP contribution in [-0.2, 0) is 10.9 Å². The lowest BCUT2D eigenvalue weighted by atomic mass is 9.85. The van der Waals surface area contributed by atoms with Gasteiger partial charge in [0.25, 0.3) is 0 Å². The van der Waals surface area contributed by atoms with Crippen LogP contribution in [0.1, 0.15) is 47.2 Å². The van der Waals surface area contributed by atoms with Gasteiger partial charge in [-0.25, -0.2) is 0 Å². The van der Waals surface area contributed by atoms with Crippen molar-refractivity contribution in [3.8, 4) is 0 Å². The third-order valence-electron chi connectivity index (χ3n) is 4.57. The summed E-state index contributed by atoms with van der Waals surface area (Å²) in [6.07, 6.45) is -1.05. The molecule has 0 spiro atoms. The van der Waals surface area contributed by atoms with Crippen molar-refractivity contribution in [1.82, 2.24) is 0 Å². The third-order valence-corrected chi connectivity index (χ3v) is 4.57. The fourth-order valence-electron chi connectivity index (χ4n) is 3.50. The van der Waals surface area contributed by atoms with Gasteiger partial charge in [-0.1, -0.05) is 12.1 Å². The van der Waals surface area contributed by atoms with Gasteiger partial charge < -0.3 is 4.74 Å². The number of benzene rings is 1. The average molecular weight is 298 g/mol. The van der Waals surface area contributed by atoms with Crippen molar-refractivity contribution in [1.29, 1.82) is 0 Å². The number of Topliss-reactive ketones (excluding diaryl/α,β-unsaturated/α-hetero) is 1. The molecule has 2 heterocycles. The van der Waals surface area contributed by atoms with E-state index in [2.05, 4.69) is 0 Å². The van der Waals surface area contributed by atoms with Crippen molar-refractivity contribution >= 4 is 5.78 Å². The predicted octanol–water partition coefficient (Wildman–Crippen LogP) is 4.15. The maximum Gasteiger partial charge on any atom is 0.416 e. The van der Waals surface area contributed by atoms with Crippen LogP contribution in [0, 0.1) is 12.8 Å². The van der Waals surface area contributed by atoms with Crippen LogP contribution in [0.5, 0.6) is 0 Å². The van der Waals surface area contributed by atoms with E-state index >= 15 is 0 Å². The number of fused-ring (bicyclic) bond motifs is 2. The fourth-order valence-corrected chi connectivity index (χ4v) is 3.50. The molecular weight excluding hydrogens is 281 g/mol. The van der Waals surface area contributed by atoms with Gasteiger partial charge in [-0.2, -0.15) is 13.2 Å². The Balaban J connectivity index is 1.88. The zero-order valence-corrected chi connectivity index (χ0v) is 11.7. The molecule has 0 aromatic heterocycles. The minimum Gasteiger partial charge on any atom is -0.375 e. The molecule has 21 heavy (non-hydrogen) atoms. The van der Waals surface area contributed by atoms with Gasteiger partial charge in [0, 0.05) is 11.5 Å². The molecule has 2 fully saturated rings. The summed E-state index contributed by atoms with van der Waals surface area (Å²) in [4.78, 5) is 12.6. The van der Waals surface area contributed by atoms with E-state index in [0.29, 0.717) is 12.8 Å². The average Bonchev–Trinajstić information content (AvgIpc) is 2.75. The van der Waals surface area contributed by atoms with E-state index in [4.69, 9.17) is 4.74 Å². The number of rotatable bonds is 2. The number of hydrogen-bond acceptors (Lipinski definition) is 2. The molecule has 2 aliphatic rings. The molecule has 0 saturated carbocycles. The summed E-state index contributed by atoms with van der Waals surface area (Å²) in [6.45, 7) is 1.38. The Bertz CT molecular complexity index is 553. The SMILES string of the molecule is Cc1c(C(=O)C2CC3CCC(C2)O3)cccc1C(F)(F)F. The molecule has 2 aliphatic heterocycles. The highest BCUT2D eigenvalue weighted by Crippen LogP contribution is 2.39. The Kier molecular flexibility index (Phi) is 3.56. The second-order valence-electron chi connectivity index (χ2n) is 5.97. The van der Waals surface area contributed by atoms with Gasteiger partial charge in [-0.3, -0.25) is 4.79 Å². The molecule has 1 aromatic carbocycles. The zero-order chi connectivity index (χ0) is 15.2. The highest BCUT2D eigenvalue weighted by Gasteiger charge is 2.39. The van der Waals surface area contributed by atoms with Gasteiger partial charge >= 0.3 is 6.18 Å². The molecular formula is C16H17F3O2. The summed E-state index contributed by atoms with van der Waals surface area (Å²) in [7, 11) is 0. The summed E-state index contributed by atoms with van der Waals surface area (Å²) in [5, 5.41) is 0. The Morgan fingerprint density at radius 1 is 1.19 bits per heavy atom. The van der Waals surface area contributed by atoms with Crippen molar-refractivity contribution in [2.75, 3.05) is 0 Å². The molecule has 5 heteroatoms. The van der Waals surface area contributed by atoms with Crippen molar-refractivity contribution in [3.63, 3.8) is 0 Å². The second-order valence-corrected chi connectivity index (χ2v) is 5.97. The number of ether oxygens (including phenoxy) is 1. The first kappa shape index (κ1) is 14.6. The summed E-state index contributed by atoms with van der Waals surface area (Å²) in [5.74, 6) is -0.378.